The Labute approximate surface area is 290 Å². The number of tetrazole rings is 1. The van der Waals surface area contributed by atoms with Gasteiger partial charge in [0, 0.05) is 27.9 Å². The number of carboxylic acid groups (broad SMARTS) is 1. The number of benzene rings is 2. The number of hydrogen-bond acceptors (Lipinski definition) is 9. The number of nitrogens with one attached hydrogen (secondary N) is 1. The van der Waals surface area contributed by atoms with E-state index in [4.69, 9.17) is 4.74 Å². The van der Waals surface area contributed by atoms with Gasteiger partial charge >= 0.3 is 65.1 Å². The number of aromatic nitrogens is 4. The molecule has 9 nitrogen and oxygen atoms in total. The molecule has 2 atom stereocenters. The summed E-state index contributed by atoms with van der Waals surface area (Å²) in [6.45, 7) is 5.92. The Morgan fingerprint density at radius 2 is 1.88 bits per heavy atom. The molecular weight excluding hydrogens is 570 g/mol. The second-order valence-corrected chi connectivity index (χ2v) is 11.3. The number of Topliss-reactive ketones (excluding diaryl/α,β-unsaturated/α-hetero) is 1. The van der Waals surface area contributed by atoms with Gasteiger partial charge in [-0.15, -0.1) is 33.7 Å². The topological polar surface area (TPSA) is 138 Å². The number of carbonyl (C=O) groups is 2. The summed E-state index contributed by atoms with van der Waals surface area (Å²) in [5.41, 5.74) is 2.08. The van der Waals surface area contributed by atoms with Crippen LogP contribution in [-0.4, -0.2) is 54.9 Å². The van der Waals surface area contributed by atoms with Crippen LogP contribution < -0.4 is 63.9 Å². The smallest absolute Gasteiger partial charge is 1.00 e. The minimum Gasteiger partial charge on any atom is -1.00 e. The zero-order chi connectivity index (χ0) is 27.5. The fraction of sp³-hybridized carbons (Fsp3) is 0.444. The van der Waals surface area contributed by atoms with E-state index in [1.165, 1.54) is 6.92 Å². The summed E-state index contributed by atoms with van der Waals surface area (Å²) in [4.78, 5) is 24.2. The molecule has 3 aromatic rings. The zero-order valence-electron chi connectivity index (χ0n) is 25.8. The van der Waals surface area contributed by atoms with Gasteiger partial charge in [-0.1, -0.05) is 37.6 Å². The first kappa shape index (κ1) is 37.0. The molecular formula is C27H36N4Na2O5S2. The van der Waals surface area contributed by atoms with Gasteiger partial charge in [-0.05, 0) is 55.5 Å². The Balaban J connectivity index is 0. The summed E-state index contributed by atoms with van der Waals surface area (Å²) in [7, 11) is 0. The number of ether oxygens (including phenoxy) is 1. The minimum atomic E-state index is -0.816. The predicted octanol–water partition coefficient (Wildman–Crippen LogP) is -0.0601. The second kappa shape index (κ2) is 19.2. The SMILES string of the molecule is CCCc1c(OCCCSc2ccc(C(SCc3nn[nH]n3)C(C)CC(=O)O)cc2)ccc(C(C)=O)c1O.[H-].[H-].[Na+].[Na+]. The van der Waals surface area contributed by atoms with E-state index in [0.717, 1.165) is 29.1 Å². The average Bonchev–Trinajstić information content (AvgIpc) is 3.40. The molecule has 0 aliphatic carbocycles. The molecule has 0 aliphatic heterocycles. The van der Waals surface area contributed by atoms with E-state index in [1.807, 2.05) is 13.8 Å². The van der Waals surface area contributed by atoms with Crippen LogP contribution in [-0.2, 0) is 17.0 Å². The first-order valence-corrected chi connectivity index (χ1v) is 14.6. The van der Waals surface area contributed by atoms with Crippen LogP contribution >= 0.6 is 23.5 Å². The van der Waals surface area contributed by atoms with Gasteiger partial charge in [0.2, 0.25) is 0 Å². The molecule has 0 aliphatic rings. The van der Waals surface area contributed by atoms with Gasteiger partial charge in [-0.2, -0.15) is 5.21 Å². The molecule has 40 heavy (non-hydrogen) atoms. The number of thioether (sulfide) groups is 2. The van der Waals surface area contributed by atoms with E-state index in [9.17, 15) is 19.8 Å². The molecule has 208 valence electrons. The van der Waals surface area contributed by atoms with Crippen LogP contribution in [0.3, 0.4) is 0 Å². The summed E-state index contributed by atoms with van der Waals surface area (Å²) in [6.07, 6.45) is 2.37. The van der Waals surface area contributed by atoms with Crippen LogP contribution in [0.25, 0.3) is 0 Å². The molecule has 0 spiro atoms. The van der Waals surface area contributed by atoms with Crippen molar-refractivity contribution in [3.63, 3.8) is 0 Å². The van der Waals surface area contributed by atoms with E-state index in [2.05, 4.69) is 44.9 Å². The van der Waals surface area contributed by atoms with Crippen molar-refractivity contribution in [1.29, 1.82) is 0 Å². The molecule has 3 N–H and O–H groups in total. The number of phenols is 1. The van der Waals surface area contributed by atoms with Crippen LogP contribution in [0.2, 0.25) is 0 Å². The molecule has 13 heteroatoms. The standard InChI is InChI=1S/C27H34N4O5S2.2Na.2H/c1-4-6-22-23(12-11-21(18(3)32)26(22)35)36-13-5-14-37-20-9-7-19(8-10-20)27(17(2)15-25(33)34)38-16-24-28-30-31-29-24;;;;/h7-12,17,27,35H,4-6,13-16H2,1-3H3,(H,33,34)(H,28,29,30,31);;;;/q;2*+1;2*-1. The number of aromatic hydroxyl groups is 1. The first-order valence-electron chi connectivity index (χ1n) is 12.6. The van der Waals surface area contributed by atoms with E-state index in [0.29, 0.717) is 41.5 Å². The molecule has 0 radical (unpaired) electrons. The Bertz CT molecular complexity index is 1210. The van der Waals surface area contributed by atoms with Crippen molar-refractivity contribution in [2.45, 2.75) is 62.4 Å². The van der Waals surface area contributed by atoms with Crippen LogP contribution in [0.15, 0.2) is 41.3 Å². The molecule has 0 saturated heterocycles. The number of aromatic amines is 1. The summed E-state index contributed by atoms with van der Waals surface area (Å²) in [5, 5.41) is 33.8. The molecule has 1 aromatic heterocycles. The first-order chi connectivity index (χ1) is 18.3. The van der Waals surface area contributed by atoms with Crippen LogP contribution in [0.4, 0.5) is 0 Å². The number of aliphatic carboxylic acids is 1. The number of carboxylic acids is 1. The predicted molar refractivity (Wildman–Crippen MR) is 151 cm³/mol. The number of hydrogen-bond donors (Lipinski definition) is 3. The van der Waals surface area contributed by atoms with Crippen molar-refractivity contribution in [3.8, 4) is 11.5 Å². The van der Waals surface area contributed by atoms with E-state index in [1.54, 1.807) is 35.7 Å². The molecule has 3 rings (SSSR count). The van der Waals surface area contributed by atoms with E-state index >= 15 is 0 Å². The van der Waals surface area contributed by atoms with Crippen LogP contribution in [0.5, 0.6) is 11.5 Å². The Morgan fingerprint density at radius 1 is 1.15 bits per heavy atom. The van der Waals surface area contributed by atoms with Crippen molar-refractivity contribution in [2.24, 2.45) is 5.92 Å². The number of carbonyl (C=O) groups excluding carboxylic acids is 1. The van der Waals surface area contributed by atoms with Crippen LogP contribution in [0.1, 0.15) is 75.4 Å². The minimum absolute atomic E-state index is 0. The summed E-state index contributed by atoms with van der Waals surface area (Å²) in [6, 6.07) is 11.6. The molecule has 0 fully saturated rings. The van der Waals surface area contributed by atoms with Gasteiger partial charge < -0.3 is 17.8 Å². The third kappa shape index (κ3) is 11.3. The maximum Gasteiger partial charge on any atom is 1.00 e. The van der Waals surface area contributed by atoms with Gasteiger partial charge in [-0.25, -0.2) is 0 Å². The fourth-order valence-electron chi connectivity index (χ4n) is 4.09. The largest absolute Gasteiger partial charge is 1.00 e. The summed E-state index contributed by atoms with van der Waals surface area (Å²) >= 11 is 3.33. The van der Waals surface area contributed by atoms with Gasteiger partial charge in [0.25, 0.3) is 0 Å². The van der Waals surface area contributed by atoms with E-state index in [-0.39, 0.29) is 91.1 Å². The van der Waals surface area contributed by atoms with Gasteiger partial charge in [-0.3, -0.25) is 9.59 Å². The number of H-pyrrole nitrogens is 1. The summed E-state index contributed by atoms with van der Waals surface area (Å²) in [5.74, 6) is 1.58. The third-order valence-corrected chi connectivity index (χ3v) is 8.56. The quantitative estimate of drug-likeness (QED) is 0.0880. The monoisotopic (exact) mass is 606 g/mol. The molecule has 0 bridgehead atoms. The van der Waals surface area contributed by atoms with Gasteiger partial charge in [0.05, 0.1) is 17.9 Å². The van der Waals surface area contributed by atoms with Crippen molar-refractivity contribution in [3.05, 3.63) is 58.9 Å². The Hall–Kier alpha value is -1.05. The number of nitrogens with zero attached hydrogens (tertiary/aromatic N) is 3. The number of ketones is 1. The van der Waals surface area contributed by atoms with Gasteiger partial charge in [0.15, 0.2) is 11.6 Å². The maximum atomic E-state index is 11.7. The molecule has 2 unspecified atom stereocenters. The average molecular weight is 607 g/mol. The molecule has 0 saturated carbocycles. The Morgan fingerprint density at radius 3 is 2.48 bits per heavy atom. The van der Waals surface area contributed by atoms with Crippen molar-refractivity contribution >= 4 is 35.3 Å². The third-order valence-electron chi connectivity index (χ3n) is 5.94. The number of rotatable bonds is 16. The van der Waals surface area contributed by atoms with Crippen molar-refractivity contribution < 1.29 is 86.5 Å². The fourth-order valence-corrected chi connectivity index (χ4v) is 6.14. The van der Waals surface area contributed by atoms with Crippen molar-refractivity contribution in [2.75, 3.05) is 12.4 Å². The van der Waals surface area contributed by atoms with Crippen LogP contribution in [0, 0.1) is 5.92 Å². The summed E-state index contributed by atoms with van der Waals surface area (Å²) < 4.78 is 5.96. The molecule has 0 amide bonds. The van der Waals surface area contributed by atoms with Crippen molar-refractivity contribution in [1.82, 2.24) is 20.6 Å². The zero-order valence-corrected chi connectivity index (χ0v) is 29.5. The normalized spacial score (nSPS) is 12.1. The molecule has 2 aromatic carbocycles. The number of phenolic OH excluding ortho intramolecular Hbond substituents is 1. The van der Waals surface area contributed by atoms with E-state index < -0.39 is 5.97 Å². The maximum absolute atomic E-state index is 11.7. The molecule has 1 heterocycles. The van der Waals surface area contributed by atoms with Gasteiger partial charge in [0.1, 0.15) is 11.5 Å². The second-order valence-electron chi connectivity index (χ2n) is 9.00. The Kier molecular flexibility index (Phi) is 17.7.